The summed E-state index contributed by atoms with van der Waals surface area (Å²) in [7, 11) is 1.42. The van der Waals surface area contributed by atoms with E-state index < -0.39 is 5.82 Å². The third-order valence-electron chi connectivity index (χ3n) is 5.23. The first kappa shape index (κ1) is 21.0. The van der Waals surface area contributed by atoms with E-state index in [1.807, 2.05) is 6.92 Å². The van der Waals surface area contributed by atoms with Crippen LogP contribution >= 0.6 is 0 Å². The monoisotopic (exact) mass is 404 g/mol. The summed E-state index contributed by atoms with van der Waals surface area (Å²) in [6.45, 7) is 5.69. The zero-order valence-electron chi connectivity index (χ0n) is 16.9. The van der Waals surface area contributed by atoms with Gasteiger partial charge in [0.15, 0.2) is 23.9 Å². The molecule has 2 aromatic carbocycles. The third kappa shape index (κ3) is 5.03. The van der Waals surface area contributed by atoms with Crippen LogP contribution in [0.5, 0.6) is 11.5 Å². The summed E-state index contributed by atoms with van der Waals surface area (Å²) in [6, 6.07) is 10.9. The van der Waals surface area contributed by atoms with Gasteiger partial charge in [-0.25, -0.2) is 8.78 Å². The smallest absolute Gasteiger partial charge is 0.260 e. The maximum atomic E-state index is 14.0. The van der Waals surface area contributed by atoms with E-state index in [4.69, 9.17) is 9.47 Å². The van der Waals surface area contributed by atoms with Crippen LogP contribution < -0.4 is 9.47 Å². The molecule has 3 rings (SSSR count). The Bertz CT molecular complexity index is 844. The highest BCUT2D eigenvalue weighted by molar-refractivity contribution is 5.78. The van der Waals surface area contributed by atoms with E-state index in [-0.39, 0.29) is 41.9 Å². The summed E-state index contributed by atoms with van der Waals surface area (Å²) in [5, 5.41) is 0. The van der Waals surface area contributed by atoms with Crippen molar-refractivity contribution in [1.29, 1.82) is 0 Å². The number of benzene rings is 2. The molecule has 0 unspecified atom stereocenters. The van der Waals surface area contributed by atoms with Gasteiger partial charge in [-0.15, -0.1) is 0 Å². The topological polar surface area (TPSA) is 42.0 Å². The average Bonchev–Trinajstić information content (AvgIpc) is 2.70. The van der Waals surface area contributed by atoms with Crippen molar-refractivity contribution >= 4 is 5.91 Å². The number of methoxy groups -OCH3 is 1. The van der Waals surface area contributed by atoms with Crippen molar-refractivity contribution in [3.05, 3.63) is 59.7 Å². The molecule has 2 atom stereocenters. The number of piperazine rings is 1. The van der Waals surface area contributed by atoms with Crippen LogP contribution in [-0.4, -0.2) is 54.6 Å². The van der Waals surface area contributed by atoms with Gasteiger partial charge in [-0.3, -0.25) is 9.69 Å². The first-order valence-electron chi connectivity index (χ1n) is 9.62. The normalized spacial score (nSPS) is 19.8. The minimum absolute atomic E-state index is 0.0229. The molecule has 0 aromatic heterocycles. The summed E-state index contributed by atoms with van der Waals surface area (Å²) >= 11 is 0. The molecule has 29 heavy (non-hydrogen) atoms. The first-order valence-corrected chi connectivity index (χ1v) is 9.62. The highest BCUT2D eigenvalue weighted by Gasteiger charge is 2.32. The minimum atomic E-state index is -0.567. The van der Waals surface area contributed by atoms with Gasteiger partial charge < -0.3 is 14.4 Å². The Morgan fingerprint density at radius 3 is 2.48 bits per heavy atom. The lowest BCUT2D eigenvalue weighted by molar-refractivity contribution is -0.139. The van der Waals surface area contributed by atoms with Crippen molar-refractivity contribution in [3.8, 4) is 11.5 Å². The Hall–Kier alpha value is -2.67. The predicted molar refractivity (Wildman–Crippen MR) is 106 cm³/mol. The number of carbonyl (C=O) groups is 1. The Labute approximate surface area is 169 Å². The highest BCUT2D eigenvalue weighted by atomic mass is 19.1. The van der Waals surface area contributed by atoms with Crippen molar-refractivity contribution in [2.45, 2.75) is 32.5 Å². The largest absolute Gasteiger partial charge is 0.493 e. The molecule has 1 heterocycles. The Kier molecular flexibility index (Phi) is 6.69. The van der Waals surface area contributed by atoms with Crippen molar-refractivity contribution in [2.24, 2.45) is 0 Å². The second-order valence-electron chi connectivity index (χ2n) is 7.36. The van der Waals surface area contributed by atoms with Crippen molar-refractivity contribution in [2.75, 3.05) is 26.8 Å². The fourth-order valence-electron chi connectivity index (χ4n) is 3.60. The molecule has 5 nitrogen and oxygen atoms in total. The molecule has 1 aliphatic heterocycles. The van der Waals surface area contributed by atoms with Crippen LogP contribution in [0, 0.1) is 11.6 Å². The lowest BCUT2D eigenvalue weighted by Crippen LogP contribution is -2.58. The first-order chi connectivity index (χ1) is 13.9. The maximum Gasteiger partial charge on any atom is 0.260 e. The zero-order chi connectivity index (χ0) is 21.0. The second kappa shape index (κ2) is 9.22. The molecule has 0 bridgehead atoms. The number of nitrogens with zero attached hydrogens (tertiary/aromatic N) is 2. The van der Waals surface area contributed by atoms with Crippen LogP contribution in [0.1, 0.15) is 19.4 Å². The van der Waals surface area contributed by atoms with Crippen LogP contribution in [0.25, 0.3) is 0 Å². The molecule has 2 aromatic rings. The Morgan fingerprint density at radius 1 is 1.07 bits per heavy atom. The molecule has 156 valence electrons. The van der Waals surface area contributed by atoms with Gasteiger partial charge in [0.25, 0.3) is 5.91 Å². The summed E-state index contributed by atoms with van der Waals surface area (Å²) < 4.78 is 37.7. The minimum Gasteiger partial charge on any atom is -0.493 e. The average molecular weight is 404 g/mol. The zero-order valence-corrected chi connectivity index (χ0v) is 16.9. The quantitative estimate of drug-likeness (QED) is 0.739. The van der Waals surface area contributed by atoms with Gasteiger partial charge in [-0.2, -0.15) is 0 Å². The number of rotatable bonds is 6. The SMILES string of the molecule is COc1cccc(F)c1OCC(=O)N1C[C@H](C)N(Cc2ccc(F)cc2)C[C@H]1C. The number of hydrogen-bond donors (Lipinski definition) is 0. The fourth-order valence-corrected chi connectivity index (χ4v) is 3.60. The van der Waals surface area contributed by atoms with E-state index in [1.54, 1.807) is 23.1 Å². The lowest BCUT2D eigenvalue weighted by Gasteiger charge is -2.44. The number of hydrogen-bond acceptors (Lipinski definition) is 4. The summed E-state index contributed by atoms with van der Waals surface area (Å²) in [4.78, 5) is 16.7. The van der Waals surface area contributed by atoms with Gasteiger partial charge in [0.2, 0.25) is 0 Å². The molecule has 0 radical (unpaired) electrons. The van der Waals surface area contributed by atoms with Gasteiger partial charge >= 0.3 is 0 Å². The third-order valence-corrected chi connectivity index (χ3v) is 5.23. The molecule has 7 heteroatoms. The van der Waals surface area contributed by atoms with E-state index in [2.05, 4.69) is 11.8 Å². The molecule has 0 saturated carbocycles. The highest BCUT2D eigenvalue weighted by Crippen LogP contribution is 2.29. The molecule has 0 N–H and O–H groups in total. The second-order valence-corrected chi connectivity index (χ2v) is 7.36. The van der Waals surface area contributed by atoms with E-state index in [0.717, 1.165) is 5.56 Å². The molecule has 1 amide bonds. The Morgan fingerprint density at radius 2 is 1.79 bits per heavy atom. The van der Waals surface area contributed by atoms with Crippen LogP contribution in [-0.2, 0) is 11.3 Å². The summed E-state index contributed by atoms with van der Waals surface area (Å²) in [6.07, 6.45) is 0. The van der Waals surface area contributed by atoms with E-state index >= 15 is 0 Å². The van der Waals surface area contributed by atoms with Crippen LogP contribution in [0.3, 0.4) is 0 Å². The number of para-hydroxylation sites is 1. The van der Waals surface area contributed by atoms with Crippen molar-refractivity contribution in [3.63, 3.8) is 0 Å². The molecular formula is C22H26F2N2O3. The van der Waals surface area contributed by atoms with Gasteiger partial charge in [0, 0.05) is 31.7 Å². The maximum absolute atomic E-state index is 14.0. The number of ether oxygens (including phenoxy) is 2. The molecular weight excluding hydrogens is 378 g/mol. The van der Waals surface area contributed by atoms with Gasteiger partial charge in [0.1, 0.15) is 5.82 Å². The van der Waals surface area contributed by atoms with Crippen molar-refractivity contribution in [1.82, 2.24) is 9.80 Å². The molecule has 1 fully saturated rings. The van der Waals surface area contributed by atoms with E-state index in [9.17, 15) is 13.6 Å². The molecule has 0 spiro atoms. The van der Waals surface area contributed by atoms with Crippen LogP contribution in [0.2, 0.25) is 0 Å². The molecule has 0 aliphatic carbocycles. The number of amides is 1. The summed E-state index contributed by atoms with van der Waals surface area (Å²) in [5.74, 6) is -0.821. The Balaban J connectivity index is 1.59. The number of carbonyl (C=O) groups excluding carboxylic acids is 1. The lowest BCUT2D eigenvalue weighted by atomic mass is 10.1. The van der Waals surface area contributed by atoms with Gasteiger partial charge in [-0.05, 0) is 43.7 Å². The molecule has 1 aliphatic rings. The summed E-state index contributed by atoms with van der Waals surface area (Å²) in [5.41, 5.74) is 1.03. The van der Waals surface area contributed by atoms with Crippen molar-refractivity contribution < 1.29 is 23.0 Å². The predicted octanol–water partition coefficient (Wildman–Crippen LogP) is 3.47. The number of halogens is 2. The van der Waals surface area contributed by atoms with Crippen LogP contribution in [0.4, 0.5) is 8.78 Å². The van der Waals surface area contributed by atoms with E-state index in [1.165, 1.54) is 31.4 Å². The van der Waals surface area contributed by atoms with Crippen LogP contribution in [0.15, 0.2) is 42.5 Å². The van der Waals surface area contributed by atoms with E-state index in [0.29, 0.717) is 19.6 Å². The van der Waals surface area contributed by atoms with Gasteiger partial charge in [0.05, 0.1) is 7.11 Å². The fraction of sp³-hybridized carbons (Fsp3) is 0.409. The standard InChI is InChI=1S/C22H26F2N2O3/c1-15-12-26(16(2)11-25(15)13-17-7-9-18(23)10-8-17)21(27)14-29-22-19(24)5-4-6-20(22)28-3/h4-10,15-16H,11-14H2,1-3H3/t15-,16+/m0/s1. The van der Waals surface area contributed by atoms with Gasteiger partial charge in [-0.1, -0.05) is 18.2 Å². The molecule has 1 saturated heterocycles.